The molecular weight excluding hydrogens is 268 g/mol. The molecule has 1 aromatic heterocycles. The van der Waals surface area contributed by atoms with Gasteiger partial charge in [0.15, 0.2) is 0 Å². The van der Waals surface area contributed by atoms with Gasteiger partial charge >= 0.3 is 5.97 Å². The van der Waals surface area contributed by atoms with Gasteiger partial charge in [-0.2, -0.15) is 0 Å². The number of carboxylic acid groups (broad SMARTS) is 1. The van der Waals surface area contributed by atoms with E-state index in [-0.39, 0.29) is 6.04 Å². The molecule has 110 valence electrons. The van der Waals surface area contributed by atoms with Crippen LogP contribution in [0.15, 0.2) is 42.5 Å². The van der Waals surface area contributed by atoms with Gasteiger partial charge in [-0.15, -0.1) is 5.10 Å². The Morgan fingerprint density at radius 3 is 2.71 bits per heavy atom. The fourth-order valence-corrected chi connectivity index (χ4v) is 1.88. The highest BCUT2D eigenvalue weighted by Crippen LogP contribution is 2.19. The van der Waals surface area contributed by atoms with Gasteiger partial charge in [0.25, 0.3) is 0 Å². The molecule has 0 saturated heterocycles. The zero-order valence-electron chi connectivity index (χ0n) is 12.1. The Labute approximate surface area is 123 Å². The van der Waals surface area contributed by atoms with Crippen molar-refractivity contribution in [3.05, 3.63) is 53.7 Å². The molecule has 5 nitrogen and oxygen atoms in total. The van der Waals surface area contributed by atoms with Crippen molar-refractivity contribution in [3.63, 3.8) is 0 Å². The Bertz CT molecular complexity index is 630. The molecule has 0 aliphatic carbocycles. The van der Waals surface area contributed by atoms with Gasteiger partial charge in [-0.1, -0.05) is 30.3 Å². The summed E-state index contributed by atoms with van der Waals surface area (Å²) in [6.07, 6.45) is 2.61. The maximum Gasteiger partial charge on any atom is 0.328 e. The van der Waals surface area contributed by atoms with Gasteiger partial charge in [0.1, 0.15) is 6.61 Å². The second-order valence-electron chi connectivity index (χ2n) is 4.89. The summed E-state index contributed by atoms with van der Waals surface area (Å²) in [6.45, 7) is 4.39. The monoisotopic (exact) mass is 286 g/mol. The Morgan fingerprint density at radius 2 is 2.10 bits per heavy atom. The van der Waals surface area contributed by atoms with Crippen molar-refractivity contribution >= 4 is 12.0 Å². The number of nitrogens with zero attached hydrogens (tertiary/aromatic N) is 2. The number of carboxylic acids is 1. The molecular formula is C16H18N2O3. The minimum atomic E-state index is -0.988. The van der Waals surface area contributed by atoms with Crippen LogP contribution in [0.1, 0.15) is 31.1 Å². The molecule has 5 heteroatoms. The number of aromatic nitrogens is 2. The molecule has 0 spiro atoms. The van der Waals surface area contributed by atoms with Crippen molar-refractivity contribution in [2.75, 3.05) is 0 Å². The van der Waals surface area contributed by atoms with Gasteiger partial charge in [0.2, 0.25) is 5.88 Å². The second kappa shape index (κ2) is 6.74. The highest BCUT2D eigenvalue weighted by molar-refractivity contribution is 5.85. The van der Waals surface area contributed by atoms with Crippen molar-refractivity contribution < 1.29 is 14.6 Å². The predicted octanol–water partition coefficient (Wildman–Crippen LogP) is 3.14. The SMILES string of the molecule is CC(C)n1nc(OCc2ccccc2)cc1/C=C/C(=O)O. The third-order valence-electron chi connectivity index (χ3n) is 2.86. The van der Waals surface area contributed by atoms with Gasteiger partial charge in [0, 0.05) is 18.2 Å². The zero-order valence-corrected chi connectivity index (χ0v) is 12.1. The second-order valence-corrected chi connectivity index (χ2v) is 4.89. The number of hydrogen-bond donors (Lipinski definition) is 1. The van der Waals surface area contributed by atoms with Crippen LogP contribution in [0.3, 0.4) is 0 Å². The smallest absolute Gasteiger partial charge is 0.328 e. The van der Waals surface area contributed by atoms with Crippen LogP contribution >= 0.6 is 0 Å². The molecule has 21 heavy (non-hydrogen) atoms. The number of hydrogen-bond acceptors (Lipinski definition) is 3. The molecule has 0 radical (unpaired) electrons. The van der Waals surface area contributed by atoms with Crippen molar-refractivity contribution in [3.8, 4) is 5.88 Å². The zero-order chi connectivity index (χ0) is 15.2. The third-order valence-corrected chi connectivity index (χ3v) is 2.86. The molecule has 2 aromatic rings. The molecule has 1 N–H and O–H groups in total. The van der Waals surface area contributed by atoms with E-state index in [1.165, 1.54) is 6.08 Å². The van der Waals surface area contributed by atoms with E-state index in [0.29, 0.717) is 18.2 Å². The molecule has 0 fully saturated rings. The summed E-state index contributed by atoms with van der Waals surface area (Å²) < 4.78 is 7.39. The van der Waals surface area contributed by atoms with Crippen LogP contribution in [0.5, 0.6) is 5.88 Å². The van der Waals surface area contributed by atoms with Crippen LogP contribution in [0.4, 0.5) is 0 Å². The Kier molecular flexibility index (Phi) is 4.77. The average molecular weight is 286 g/mol. The lowest BCUT2D eigenvalue weighted by atomic mass is 10.2. The van der Waals surface area contributed by atoms with Gasteiger partial charge in [-0.3, -0.25) is 4.68 Å². The molecule has 0 aliphatic heterocycles. The van der Waals surface area contributed by atoms with E-state index in [1.807, 2.05) is 44.2 Å². The Hall–Kier alpha value is -2.56. The maximum absolute atomic E-state index is 10.6. The summed E-state index contributed by atoms with van der Waals surface area (Å²) in [7, 11) is 0. The van der Waals surface area contributed by atoms with E-state index in [1.54, 1.807) is 10.7 Å². The minimum Gasteiger partial charge on any atom is -0.478 e. The van der Waals surface area contributed by atoms with Crippen LogP contribution in [0.2, 0.25) is 0 Å². The predicted molar refractivity (Wildman–Crippen MR) is 80.1 cm³/mol. The molecule has 1 aromatic carbocycles. The van der Waals surface area contributed by atoms with Crippen LogP contribution in [-0.4, -0.2) is 20.9 Å². The summed E-state index contributed by atoms with van der Waals surface area (Å²) in [6, 6.07) is 11.7. The molecule has 0 amide bonds. The third kappa shape index (κ3) is 4.21. The van der Waals surface area contributed by atoms with Gasteiger partial charge in [-0.05, 0) is 25.5 Å². The Morgan fingerprint density at radius 1 is 1.38 bits per heavy atom. The standard InChI is InChI=1S/C16H18N2O3/c1-12(2)18-14(8-9-16(19)20)10-15(17-18)21-11-13-6-4-3-5-7-13/h3-10,12H,11H2,1-2H3,(H,19,20)/b9-8+. The van der Waals surface area contributed by atoms with Crippen LogP contribution in [-0.2, 0) is 11.4 Å². The fourth-order valence-electron chi connectivity index (χ4n) is 1.88. The Balaban J connectivity index is 2.13. The number of rotatable bonds is 6. The van der Waals surface area contributed by atoms with E-state index in [4.69, 9.17) is 9.84 Å². The van der Waals surface area contributed by atoms with E-state index >= 15 is 0 Å². The molecule has 0 aliphatic rings. The molecule has 0 atom stereocenters. The molecule has 0 saturated carbocycles. The first-order chi connectivity index (χ1) is 10.1. The molecule has 0 bridgehead atoms. The molecule has 0 unspecified atom stereocenters. The lowest BCUT2D eigenvalue weighted by Crippen LogP contribution is -2.05. The molecule has 1 heterocycles. The number of aliphatic carboxylic acids is 1. The van der Waals surface area contributed by atoms with Crippen molar-refractivity contribution in [2.24, 2.45) is 0 Å². The quantitative estimate of drug-likeness (QED) is 0.829. The van der Waals surface area contributed by atoms with Crippen molar-refractivity contribution in [1.29, 1.82) is 0 Å². The number of ether oxygens (including phenoxy) is 1. The number of carbonyl (C=O) groups is 1. The van der Waals surface area contributed by atoms with Gasteiger partial charge in [0.05, 0.1) is 5.69 Å². The van der Waals surface area contributed by atoms with Gasteiger partial charge < -0.3 is 9.84 Å². The van der Waals surface area contributed by atoms with E-state index in [0.717, 1.165) is 11.6 Å². The summed E-state index contributed by atoms with van der Waals surface area (Å²) in [4.78, 5) is 10.6. The molecule has 2 rings (SSSR count). The lowest BCUT2D eigenvalue weighted by molar-refractivity contribution is -0.131. The first kappa shape index (κ1) is 14.8. The lowest BCUT2D eigenvalue weighted by Gasteiger charge is -2.07. The average Bonchev–Trinajstić information content (AvgIpc) is 2.87. The summed E-state index contributed by atoms with van der Waals surface area (Å²) in [5, 5.41) is 13.1. The summed E-state index contributed by atoms with van der Waals surface area (Å²) in [5.41, 5.74) is 1.76. The topological polar surface area (TPSA) is 64.4 Å². The van der Waals surface area contributed by atoms with Crippen LogP contribution < -0.4 is 4.74 Å². The first-order valence-corrected chi connectivity index (χ1v) is 6.73. The van der Waals surface area contributed by atoms with Crippen molar-refractivity contribution in [2.45, 2.75) is 26.5 Å². The highest BCUT2D eigenvalue weighted by atomic mass is 16.5. The van der Waals surface area contributed by atoms with Gasteiger partial charge in [-0.25, -0.2) is 4.79 Å². The highest BCUT2D eigenvalue weighted by Gasteiger charge is 2.10. The van der Waals surface area contributed by atoms with Crippen molar-refractivity contribution in [1.82, 2.24) is 9.78 Å². The van der Waals surface area contributed by atoms with E-state index in [9.17, 15) is 4.79 Å². The van der Waals surface area contributed by atoms with Crippen LogP contribution in [0, 0.1) is 0 Å². The fraction of sp³-hybridized carbons (Fsp3) is 0.250. The van der Waals surface area contributed by atoms with E-state index in [2.05, 4.69) is 5.10 Å². The maximum atomic E-state index is 10.6. The summed E-state index contributed by atoms with van der Waals surface area (Å²) >= 11 is 0. The largest absolute Gasteiger partial charge is 0.478 e. The van der Waals surface area contributed by atoms with E-state index < -0.39 is 5.97 Å². The first-order valence-electron chi connectivity index (χ1n) is 6.73. The van der Waals surface area contributed by atoms with Crippen LogP contribution in [0.25, 0.3) is 6.08 Å². The number of benzene rings is 1. The normalized spacial score (nSPS) is 11.2. The summed E-state index contributed by atoms with van der Waals surface area (Å²) in [5.74, 6) is -0.504. The minimum absolute atomic E-state index is 0.118.